The molecule has 3 aromatic rings. The van der Waals surface area contributed by atoms with Crippen molar-refractivity contribution >= 4 is 28.1 Å². The molecule has 0 unspecified atom stereocenters. The van der Waals surface area contributed by atoms with Crippen LogP contribution in [0.3, 0.4) is 0 Å². The van der Waals surface area contributed by atoms with Crippen molar-refractivity contribution < 1.29 is 9.84 Å². The lowest BCUT2D eigenvalue weighted by molar-refractivity contribution is 0.372. The van der Waals surface area contributed by atoms with Gasteiger partial charge >= 0.3 is 0 Å². The van der Waals surface area contributed by atoms with Crippen molar-refractivity contribution in [3.63, 3.8) is 0 Å². The van der Waals surface area contributed by atoms with Gasteiger partial charge in [-0.3, -0.25) is 0 Å². The van der Waals surface area contributed by atoms with Gasteiger partial charge in [0.1, 0.15) is 0 Å². The lowest BCUT2D eigenvalue weighted by Gasteiger charge is -2.06. The molecule has 24 heavy (non-hydrogen) atoms. The number of rotatable bonds is 4. The predicted octanol–water partition coefficient (Wildman–Crippen LogP) is 3.49. The Labute approximate surface area is 147 Å². The van der Waals surface area contributed by atoms with E-state index in [-0.39, 0.29) is 11.7 Å². The number of aromatic hydroxyl groups is 1. The smallest absolute Gasteiger partial charge is 0.221 e. The summed E-state index contributed by atoms with van der Waals surface area (Å²) in [4.78, 5) is 4.31. The minimum absolute atomic E-state index is 0.0446. The summed E-state index contributed by atoms with van der Waals surface area (Å²) in [5, 5.41) is 14.1. The second-order valence-corrected chi connectivity index (χ2v) is 5.85. The fourth-order valence-electron chi connectivity index (χ4n) is 2.18. The number of nitrogens with two attached hydrogens (primary N) is 1. The third-order valence-corrected chi connectivity index (χ3v) is 3.99. The molecule has 2 aromatic carbocycles. The van der Waals surface area contributed by atoms with E-state index >= 15 is 0 Å². The molecule has 0 aliphatic rings. The normalized spacial score (nSPS) is 11.1. The van der Waals surface area contributed by atoms with Gasteiger partial charge in [0.2, 0.25) is 5.95 Å². The van der Waals surface area contributed by atoms with E-state index in [1.54, 1.807) is 24.5 Å². The molecule has 6 nitrogen and oxygen atoms in total. The number of nitrogen functional groups attached to an aromatic ring is 1. The van der Waals surface area contributed by atoms with Crippen molar-refractivity contribution in [2.45, 2.75) is 0 Å². The maximum absolute atomic E-state index is 9.83. The van der Waals surface area contributed by atoms with E-state index in [9.17, 15) is 5.11 Å². The Morgan fingerprint density at radius 3 is 2.75 bits per heavy atom. The highest BCUT2D eigenvalue weighted by atomic mass is 79.9. The minimum atomic E-state index is 0.0446. The fourth-order valence-corrected chi connectivity index (χ4v) is 2.64. The highest BCUT2D eigenvalue weighted by Crippen LogP contribution is 2.34. The molecule has 0 bridgehead atoms. The molecule has 0 fully saturated rings. The molecule has 0 aliphatic carbocycles. The number of phenols is 1. The van der Waals surface area contributed by atoms with Crippen LogP contribution in [-0.4, -0.2) is 28.1 Å². The van der Waals surface area contributed by atoms with Gasteiger partial charge in [-0.25, -0.2) is 9.66 Å². The van der Waals surface area contributed by atoms with Crippen LogP contribution in [-0.2, 0) is 0 Å². The molecule has 0 radical (unpaired) electrons. The van der Waals surface area contributed by atoms with Crippen molar-refractivity contribution in [3.8, 4) is 22.8 Å². The van der Waals surface area contributed by atoms with Gasteiger partial charge in [-0.15, -0.1) is 0 Å². The Balaban J connectivity index is 1.90. The Morgan fingerprint density at radius 1 is 1.29 bits per heavy atom. The monoisotopic (exact) mass is 386 g/mol. The van der Waals surface area contributed by atoms with E-state index in [0.29, 0.717) is 10.2 Å². The minimum Gasteiger partial charge on any atom is -0.503 e. The van der Waals surface area contributed by atoms with Crippen LogP contribution in [0, 0.1) is 0 Å². The number of methoxy groups -OCH3 is 1. The number of ether oxygens (including phenoxy) is 1. The molecule has 3 N–H and O–H groups in total. The van der Waals surface area contributed by atoms with E-state index in [2.05, 4.69) is 26.0 Å². The van der Waals surface area contributed by atoms with E-state index in [4.69, 9.17) is 10.5 Å². The van der Waals surface area contributed by atoms with Gasteiger partial charge in [0.05, 0.1) is 29.7 Å². The fraction of sp³-hybridized carbons (Fsp3) is 0.0588. The van der Waals surface area contributed by atoms with Crippen LogP contribution in [0.1, 0.15) is 5.56 Å². The topological polar surface area (TPSA) is 85.7 Å². The number of hydrogen-bond donors (Lipinski definition) is 2. The van der Waals surface area contributed by atoms with Crippen molar-refractivity contribution in [1.82, 2.24) is 9.66 Å². The molecule has 1 heterocycles. The molecule has 0 aliphatic heterocycles. The van der Waals surface area contributed by atoms with Crippen molar-refractivity contribution in [1.29, 1.82) is 0 Å². The SMILES string of the molecule is COc1cc(C=Nn2cc(-c3ccccc3)nc2N)cc(Br)c1O. The third kappa shape index (κ3) is 3.26. The number of halogens is 1. The van der Waals surface area contributed by atoms with Gasteiger partial charge in [0.25, 0.3) is 0 Å². The van der Waals surface area contributed by atoms with Crippen LogP contribution >= 0.6 is 15.9 Å². The molecule has 0 amide bonds. The largest absolute Gasteiger partial charge is 0.503 e. The van der Waals surface area contributed by atoms with Gasteiger partial charge in [0.15, 0.2) is 11.5 Å². The number of phenolic OH excluding ortho intramolecular Hbond substituents is 1. The molecule has 1 aromatic heterocycles. The van der Waals surface area contributed by atoms with E-state index in [0.717, 1.165) is 16.8 Å². The zero-order valence-electron chi connectivity index (χ0n) is 12.8. The summed E-state index contributed by atoms with van der Waals surface area (Å²) in [5.41, 5.74) is 8.37. The number of benzene rings is 2. The van der Waals surface area contributed by atoms with Crippen LogP contribution in [0.4, 0.5) is 5.95 Å². The predicted molar refractivity (Wildman–Crippen MR) is 97.4 cm³/mol. The zero-order valence-corrected chi connectivity index (χ0v) is 14.4. The van der Waals surface area contributed by atoms with Crippen LogP contribution in [0.2, 0.25) is 0 Å². The Hall–Kier alpha value is -2.80. The first kappa shape index (κ1) is 16.1. The van der Waals surface area contributed by atoms with Gasteiger partial charge in [-0.1, -0.05) is 30.3 Å². The van der Waals surface area contributed by atoms with Gasteiger partial charge in [0, 0.05) is 5.56 Å². The van der Waals surface area contributed by atoms with Gasteiger partial charge in [-0.05, 0) is 33.6 Å². The number of aromatic nitrogens is 2. The third-order valence-electron chi connectivity index (χ3n) is 3.39. The molecular formula is C17H15BrN4O2. The first-order chi connectivity index (χ1) is 11.6. The summed E-state index contributed by atoms with van der Waals surface area (Å²) < 4.78 is 7.13. The second-order valence-electron chi connectivity index (χ2n) is 4.99. The van der Waals surface area contributed by atoms with Crippen molar-refractivity contribution in [3.05, 3.63) is 58.7 Å². The molecule has 3 rings (SSSR count). The summed E-state index contributed by atoms with van der Waals surface area (Å²) in [6, 6.07) is 13.1. The maximum atomic E-state index is 9.83. The molecule has 122 valence electrons. The quantitative estimate of drug-likeness (QED) is 0.671. The standard InChI is InChI=1S/C17H15BrN4O2/c1-24-15-8-11(7-13(18)16(15)23)9-20-22-10-14(21-17(22)19)12-5-3-2-4-6-12/h2-10,23H,1H3,(H2,19,21). The summed E-state index contributed by atoms with van der Waals surface area (Å²) in [5.74, 6) is 0.687. The van der Waals surface area contributed by atoms with Crippen LogP contribution < -0.4 is 10.5 Å². The Kier molecular flexibility index (Phi) is 4.52. The lowest BCUT2D eigenvalue weighted by Crippen LogP contribution is -1.97. The Bertz CT molecular complexity index is 891. The van der Waals surface area contributed by atoms with Crippen LogP contribution in [0.15, 0.2) is 58.2 Å². The second kappa shape index (κ2) is 6.76. The number of nitrogens with zero attached hydrogens (tertiary/aromatic N) is 3. The highest BCUT2D eigenvalue weighted by molar-refractivity contribution is 9.10. The number of anilines is 1. The summed E-state index contributed by atoms with van der Waals surface area (Å²) in [6.07, 6.45) is 3.37. The van der Waals surface area contributed by atoms with E-state index in [1.807, 2.05) is 30.3 Å². The first-order valence-electron chi connectivity index (χ1n) is 7.09. The van der Waals surface area contributed by atoms with E-state index < -0.39 is 0 Å². The number of hydrogen-bond acceptors (Lipinski definition) is 5. The summed E-state index contributed by atoms with van der Waals surface area (Å²) in [6.45, 7) is 0. The molecular weight excluding hydrogens is 372 g/mol. The lowest BCUT2D eigenvalue weighted by atomic mass is 10.2. The average molecular weight is 387 g/mol. The van der Waals surface area contributed by atoms with Crippen molar-refractivity contribution in [2.75, 3.05) is 12.8 Å². The summed E-state index contributed by atoms with van der Waals surface area (Å²) >= 11 is 3.28. The van der Waals surface area contributed by atoms with Crippen LogP contribution in [0.5, 0.6) is 11.5 Å². The zero-order chi connectivity index (χ0) is 17.1. The highest BCUT2D eigenvalue weighted by Gasteiger charge is 2.08. The van der Waals surface area contributed by atoms with Gasteiger partial charge in [-0.2, -0.15) is 5.10 Å². The van der Waals surface area contributed by atoms with E-state index in [1.165, 1.54) is 11.8 Å². The van der Waals surface area contributed by atoms with Crippen LogP contribution in [0.25, 0.3) is 11.3 Å². The average Bonchev–Trinajstić information content (AvgIpc) is 2.97. The van der Waals surface area contributed by atoms with Gasteiger partial charge < -0.3 is 15.6 Å². The maximum Gasteiger partial charge on any atom is 0.221 e. The Morgan fingerprint density at radius 2 is 2.04 bits per heavy atom. The first-order valence-corrected chi connectivity index (χ1v) is 7.89. The molecule has 7 heteroatoms. The molecule has 0 atom stereocenters. The number of imidazole rings is 1. The summed E-state index contributed by atoms with van der Waals surface area (Å²) in [7, 11) is 1.49. The molecule has 0 spiro atoms. The molecule has 0 saturated heterocycles. The van der Waals surface area contributed by atoms with Crippen molar-refractivity contribution in [2.24, 2.45) is 5.10 Å². The molecule has 0 saturated carbocycles.